The molecule has 0 aliphatic heterocycles. The highest BCUT2D eigenvalue weighted by molar-refractivity contribution is 9.10. The third-order valence-electron chi connectivity index (χ3n) is 2.53. The molecule has 5 heteroatoms. The summed E-state index contributed by atoms with van der Waals surface area (Å²) in [6.07, 6.45) is 2.72. The summed E-state index contributed by atoms with van der Waals surface area (Å²) in [4.78, 5) is 11.8. The number of hydrogen-bond donors (Lipinski definition) is 1. The lowest BCUT2D eigenvalue weighted by Gasteiger charge is -2.02. The number of allylic oxidation sites excluding steroid dienone is 1. The molecule has 0 bridgehead atoms. The van der Waals surface area contributed by atoms with E-state index in [-0.39, 0.29) is 11.5 Å². The van der Waals surface area contributed by atoms with Crippen molar-refractivity contribution in [1.29, 1.82) is 0 Å². The minimum atomic E-state index is -0.435. The van der Waals surface area contributed by atoms with E-state index in [0.29, 0.717) is 10.6 Å². The SMILES string of the molecule is O=C(/C=C/Nc1cc(Cl)ccc1F)c1ccc(Br)cc1. The predicted molar refractivity (Wildman–Crippen MR) is 82.6 cm³/mol. The van der Waals surface area contributed by atoms with Gasteiger partial charge in [0.15, 0.2) is 5.78 Å². The fourth-order valence-electron chi connectivity index (χ4n) is 1.53. The molecule has 0 saturated heterocycles. The average Bonchev–Trinajstić information content (AvgIpc) is 2.43. The molecule has 0 saturated carbocycles. The number of rotatable bonds is 4. The van der Waals surface area contributed by atoms with E-state index < -0.39 is 5.82 Å². The van der Waals surface area contributed by atoms with E-state index >= 15 is 0 Å². The first kappa shape index (κ1) is 14.8. The normalized spacial score (nSPS) is 10.8. The third-order valence-corrected chi connectivity index (χ3v) is 3.29. The largest absolute Gasteiger partial charge is 0.359 e. The first-order chi connectivity index (χ1) is 9.56. The maximum absolute atomic E-state index is 13.4. The Bertz CT molecular complexity index is 655. The van der Waals surface area contributed by atoms with Crippen molar-refractivity contribution < 1.29 is 9.18 Å². The number of carbonyl (C=O) groups excluding carboxylic acids is 1. The van der Waals surface area contributed by atoms with Gasteiger partial charge in [-0.15, -0.1) is 0 Å². The van der Waals surface area contributed by atoms with Gasteiger partial charge in [-0.1, -0.05) is 27.5 Å². The van der Waals surface area contributed by atoms with Crippen LogP contribution in [0, 0.1) is 5.82 Å². The van der Waals surface area contributed by atoms with Gasteiger partial charge in [0.05, 0.1) is 5.69 Å². The molecule has 0 heterocycles. The number of carbonyl (C=O) groups is 1. The lowest BCUT2D eigenvalue weighted by atomic mass is 10.1. The van der Waals surface area contributed by atoms with Gasteiger partial charge in [0.25, 0.3) is 0 Å². The van der Waals surface area contributed by atoms with Crippen molar-refractivity contribution in [2.45, 2.75) is 0 Å². The molecular formula is C15H10BrClFNO. The molecule has 1 N–H and O–H groups in total. The highest BCUT2D eigenvalue weighted by Gasteiger charge is 2.02. The smallest absolute Gasteiger partial charge is 0.187 e. The van der Waals surface area contributed by atoms with Crippen molar-refractivity contribution in [3.8, 4) is 0 Å². The molecule has 20 heavy (non-hydrogen) atoms. The molecule has 0 spiro atoms. The lowest BCUT2D eigenvalue weighted by molar-refractivity contribution is 0.104. The van der Waals surface area contributed by atoms with Crippen LogP contribution in [0.1, 0.15) is 10.4 Å². The molecule has 0 aliphatic rings. The fourth-order valence-corrected chi connectivity index (χ4v) is 1.96. The second-order valence-electron chi connectivity index (χ2n) is 3.97. The van der Waals surface area contributed by atoms with E-state index in [9.17, 15) is 9.18 Å². The highest BCUT2D eigenvalue weighted by Crippen LogP contribution is 2.19. The van der Waals surface area contributed by atoms with Gasteiger partial charge in [-0.2, -0.15) is 0 Å². The van der Waals surface area contributed by atoms with Crippen LogP contribution in [0.2, 0.25) is 5.02 Å². The van der Waals surface area contributed by atoms with Crippen molar-refractivity contribution in [3.05, 3.63) is 75.6 Å². The number of anilines is 1. The van der Waals surface area contributed by atoms with Crippen LogP contribution in [0.5, 0.6) is 0 Å². The summed E-state index contributed by atoms with van der Waals surface area (Å²) >= 11 is 9.06. The molecule has 2 nitrogen and oxygen atoms in total. The summed E-state index contributed by atoms with van der Waals surface area (Å²) in [6, 6.07) is 11.1. The molecule has 102 valence electrons. The van der Waals surface area contributed by atoms with E-state index in [0.717, 1.165) is 4.47 Å². The fraction of sp³-hybridized carbons (Fsp3) is 0. The number of hydrogen-bond acceptors (Lipinski definition) is 2. The Balaban J connectivity index is 2.04. The number of ketones is 1. The van der Waals surface area contributed by atoms with Crippen LogP contribution in [0.25, 0.3) is 0 Å². The number of nitrogens with one attached hydrogen (secondary N) is 1. The van der Waals surface area contributed by atoms with Gasteiger partial charge in [-0.25, -0.2) is 4.39 Å². The molecule has 0 unspecified atom stereocenters. The monoisotopic (exact) mass is 353 g/mol. The van der Waals surface area contributed by atoms with Gasteiger partial charge in [-0.3, -0.25) is 4.79 Å². The summed E-state index contributed by atoms with van der Waals surface area (Å²) in [7, 11) is 0. The highest BCUT2D eigenvalue weighted by atomic mass is 79.9. The van der Waals surface area contributed by atoms with Gasteiger partial charge >= 0.3 is 0 Å². The van der Waals surface area contributed by atoms with Crippen LogP contribution in [-0.2, 0) is 0 Å². The van der Waals surface area contributed by atoms with Gasteiger partial charge in [-0.05, 0) is 42.5 Å². The summed E-state index contributed by atoms with van der Waals surface area (Å²) in [5.74, 6) is -0.609. The van der Waals surface area contributed by atoms with Crippen molar-refractivity contribution >= 4 is 39.0 Å². The first-order valence-corrected chi connectivity index (χ1v) is 6.91. The second kappa shape index (κ2) is 6.68. The molecule has 0 aromatic heterocycles. The van der Waals surface area contributed by atoms with Crippen LogP contribution >= 0.6 is 27.5 Å². The number of halogens is 3. The van der Waals surface area contributed by atoms with E-state index in [1.165, 1.54) is 30.5 Å². The Morgan fingerprint density at radius 2 is 1.90 bits per heavy atom. The van der Waals surface area contributed by atoms with E-state index in [1.54, 1.807) is 24.3 Å². The zero-order valence-electron chi connectivity index (χ0n) is 10.2. The van der Waals surface area contributed by atoms with Gasteiger partial charge in [0.1, 0.15) is 5.82 Å². The predicted octanol–water partition coefficient (Wildman–Crippen LogP) is 5.05. The quantitative estimate of drug-likeness (QED) is 0.615. The Kier molecular flexibility index (Phi) is 4.93. The Labute approximate surface area is 129 Å². The van der Waals surface area contributed by atoms with Crippen LogP contribution in [0.15, 0.2) is 59.2 Å². The minimum Gasteiger partial charge on any atom is -0.359 e. The standard InChI is InChI=1S/C15H10BrClFNO/c16-11-3-1-10(2-4-11)15(20)7-8-19-14-9-12(17)5-6-13(14)18/h1-9,19H/b8-7+. The molecule has 0 atom stereocenters. The average molecular weight is 355 g/mol. The summed E-state index contributed by atoms with van der Waals surface area (Å²) < 4.78 is 14.3. The van der Waals surface area contributed by atoms with Crippen molar-refractivity contribution in [2.24, 2.45) is 0 Å². The first-order valence-electron chi connectivity index (χ1n) is 5.74. The minimum absolute atomic E-state index is 0.174. The second-order valence-corrected chi connectivity index (χ2v) is 5.33. The van der Waals surface area contributed by atoms with Crippen LogP contribution in [-0.4, -0.2) is 5.78 Å². The van der Waals surface area contributed by atoms with E-state index in [1.807, 2.05) is 0 Å². The van der Waals surface area contributed by atoms with Crippen LogP contribution in [0.4, 0.5) is 10.1 Å². The summed E-state index contributed by atoms with van der Waals surface area (Å²) in [6.45, 7) is 0. The molecule has 2 aromatic rings. The molecular weight excluding hydrogens is 345 g/mol. The molecule has 2 rings (SSSR count). The molecule has 0 amide bonds. The molecule has 0 radical (unpaired) electrons. The van der Waals surface area contributed by atoms with Gasteiger partial charge < -0.3 is 5.32 Å². The maximum Gasteiger partial charge on any atom is 0.187 e. The van der Waals surface area contributed by atoms with Crippen LogP contribution in [0.3, 0.4) is 0 Å². The van der Waals surface area contributed by atoms with Crippen molar-refractivity contribution in [2.75, 3.05) is 5.32 Å². The van der Waals surface area contributed by atoms with Crippen molar-refractivity contribution in [1.82, 2.24) is 0 Å². The molecule has 0 fully saturated rings. The maximum atomic E-state index is 13.4. The van der Waals surface area contributed by atoms with Gasteiger partial charge in [0.2, 0.25) is 0 Å². The Morgan fingerprint density at radius 3 is 2.60 bits per heavy atom. The lowest BCUT2D eigenvalue weighted by Crippen LogP contribution is -1.97. The zero-order chi connectivity index (χ0) is 14.5. The number of benzene rings is 2. The third kappa shape index (κ3) is 3.92. The Hall–Kier alpha value is -1.65. The van der Waals surface area contributed by atoms with Gasteiger partial charge in [0, 0.05) is 27.3 Å². The van der Waals surface area contributed by atoms with E-state index in [4.69, 9.17) is 11.6 Å². The zero-order valence-corrected chi connectivity index (χ0v) is 12.6. The molecule has 2 aromatic carbocycles. The van der Waals surface area contributed by atoms with Crippen molar-refractivity contribution in [3.63, 3.8) is 0 Å². The summed E-state index contributed by atoms with van der Waals surface area (Å²) in [5, 5.41) is 3.11. The van der Waals surface area contributed by atoms with E-state index in [2.05, 4.69) is 21.2 Å². The summed E-state index contributed by atoms with van der Waals surface area (Å²) in [5.41, 5.74) is 0.773. The van der Waals surface area contributed by atoms with Crippen LogP contribution < -0.4 is 5.32 Å². The Morgan fingerprint density at radius 1 is 1.20 bits per heavy atom. The molecule has 0 aliphatic carbocycles. The topological polar surface area (TPSA) is 29.1 Å².